The molecule has 0 saturated heterocycles. The lowest BCUT2D eigenvalue weighted by Gasteiger charge is -2.10. The van der Waals surface area contributed by atoms with Gasteiger partial charge in [0, 0.05) is 24.2 Å². The first-order chi connectivity index (χ1) is 10.6. The van der Waals surface area contributed by atoms with Gasteiger partial charge in [-0.1, -0.05) is 20.8 Å². The highest BCUT2D eigenvalue weighted by Crippen LogP contribution is 2.28. The Morgan fingerprint density at radius 3 is 2.77 bits per heavy atom. The maximum Gasteiger partial charge on any atom is 0.145 e. The molecular weight excluding hydrogens is 294 g/mol. The molecule has 0 bridgehead atoms. The zero-order chi connectivity index (χ0) is 15.7. The molecule has 0 amide bonds. The van der Waals surface area contributed by atoms with Crippen molar-refractivity contribution in [1.82, 2.24) is 19.5 Å². The summed E-state index contributed by atoms with van der Waals surface area (Å²) in [5.74, 6) is 1.07. The fourth-order valence-corrected chi connectivity index (χ4v) is 3.13. The van der Waals surface area contributed by atoms with E-state index in [1.54, 1.807) is 17.5 Å². The van der Waals surface area contributed by atoms with Crippen molar-refractivity contribution in [3.8, 4) is 6.07 Å². The second-order valence-electron chi connectivity index (χ2n) is 5.44. The van der Waals surface area contributed by atoms with Gasteiger partial charge < -0.3 is 4.57 Å². The first-order valence-electron chi connectivity index (χ1n) is 7.32. The van der Waals surface area contributed by atoms with Crippen LogP contribution in [0.1, 0.15) is 48.8 Å². The first-order valence-corrected chi connectivity index (χ1v) is 8.20. The van der Waals surface area contributed by atoms with Gasteiger partial charge in [-0.25, -0.2) is 15.0 Å². The van der Waals surface area contributed by atoms with Crippen molar-refractivity contribution in [2.24, 2.45) is 0 Å². The van der Waals surface area contributed by atoms with Crippen molar-refractivity contribution in [1.29, 1.82) is 5.26 Å². The van der Waals surface area contributed by atoms with E-state index < -0.39 is 0 Å². The smallest absolute Gasteiger partial charge is 0.145 e. The molecule has 3 aromatic rings. The number of hydrogen-bond acceptors (Lipinski definition) is 5. The molecule has 0 fully saturated rings. The molecule has 112 valence electrons. The average Bonchev–Trinajstić information content (AvgIpc) is 3.14. The van der Waals surface area contributed by atoms with E-state index in [0.29, 0.717) is 12.1 Å². The van der Waals surface area contributed by atoms with Crippen LogP contribution in [0.15, 0.2) is 17.8 Å². The summed E-state index contributed by atoms with van der Waals surface area (Å²) in [6, 6.07) is 2.28. The topological polar surface area (TPSA) is 67.4 Å². The summed E-state index contributed by atoms with van der Waals surface area (Å²) in [5.41, 5.74) is 2.43. The molecule has 3 aromatic heterocycles. The van der Waals surface area contributed by atoms with Gasteiger partial charge in [-0.3, -0.25) is 0 Å². The van der Waals surface area contributed by atoms with Crippen molar-refractivity contribution in [3.05, 3.63) is 39.9 Å². The van der Waals surface area contributed by atoms with Gasteiger partial charge in [0.2, 0.25) is 0 Å². The van der Waals surface area contributed by atoms with E-state index in [-0.39, 0.29) is 5.92 Å². The average molecular weight is 311 g/mol. The van der Waals surface area contributed by atoms with Gasteiger partial charge in [0.15, 0.2) is 0 Å². The van der Waals surface area contributed by atoms with Crippen LogP contribution >= 0.6 is 11.3 Å². The molecule has 0 aliphatic carbocycles. The number of aryl methyl sites for hydroxylation is 1. The number of aromatic nitrogens is 4. The largest absolute Gasteiger partial charge is 0.324 e. The maximum atomic E-state index is 9.48. The van der Waals surface area contributed by atoms with Crippen molar-refractivity contribution >= 4 is 22.4 Å². The molecule has 6 heteroatoms. The van der Waals surface area contributed by atoms with E-state index in [9.17, 15) is 5.26 Å². The predicted octanol–water partition coefficient (Wildman–Crippen LogP) is 3.49. The van der Waals surface area contributed by atoms with Gasteiger partial charge in [-0.2, -0.15) is 5.26 Å². The molecule has 22 heavy (non-hydrogen) atoms. The maximum absolute atomic E-state index is 9.48. The molecular formula is C16H17N5S. The van der Waals surface area contributed by atoms with E-state index in [2.05, 4.69) is 34.9 Å². The normalized spacial score (nSPS) is 11.2. The summed E-state index contributed by atoms with van der Waals surface area (Å²) >= 11 is 1.61. The highest BCUT2D eigenvalue weighted by atomic mass is 32.1. The minimum absolute atomic E-state index is 0.249. The fourth-order valence-electron chi connectivity index (χ4n) is 2.52. The third kappa shape index (κ3) is 2.48. The standard InChI is InChI=1S/C16H17N5S/c1-4-12-19-15(10(2)3)14-11(7-17)8-21(16(14)20-12)9-13-18-5-6-22-13/h5-6,8,10H,4,9H2,1-3H3. The Kier molecular flexibility index (Phi) is 3.90. The van der Waals surface area contributed by atoms with Gasteiger partial charge in [0.25, 0.3) is 0 Å². The summed E-state index contributed by atoms with van der Waals surface area (Å²) in [4.78, 5) is 13.6. The van der Waals surface area contributed by atoms with Gasteiger partial charge in [0.1, 0.15) is 22.5 Å². The highest BCUT2D eigenvalue weighted by Gasteiger charge is 2.19. The molecule has 0 aromatic carbocycles. The van der Waals surface area contributed by atoms with E-state index in [1.165, 1.54) is 0 Å². The lowest BCUT2D eigenvalue weighted by molar-refractivity contribution is 0.782. The van der Waals surface area contributed by atoms with Crippen LogP contribution in [-0.4, -0.2) is 19.5 Å². The quantitative estimate of drug-likeness (QED) is 0.739. The van der Waals surface area contributed by atoms with Gasteiger partial charge in [0.05, 0.1) is 23.2 Å². The molecule has 0 aliphatic heterocycles. The molecule has 0 radical (unpaired) electrons. The minimum Gasteiger partial charge on any atom is -0.324 e. The van der Waals surface area contributed by atoms with Gasteiger partial charge in [-0.15, -0.1) is 11.3 Å². The Labute approximate surface area is 133 Å². The van der Waals surface area contributed by atoms with Crippen molar-refractivity contribution in [3.63, 3.8) is 0 Å². The van der Waals surface area contributed by atoms with Crippen molar-refractivity contribution < 1.29 is 0 Å². The Hall–Kier alpha value is -2.26. The van der Waals surface area contributed by atoms with Crippen LogP contribution < -0.4 is 0 Å². The Balaban J connectivity index is 2.25. The Bertz CT molecular complexity index is 840. The first kappa shape index (κ1) is 14.7. The molecule has 0 unspecified atom stereocenters. The minimum atomic E-state index is 0.249. The number of nitriles is 1. The summed E-state index contributed by atoms with van der Waals surface area (Å²) < 4.78 is 2.01. The number of hydrogen-bond donors (Lipinski definition) is 0. The van der Waals surface area contributed by atoms with Crippen molar-refractivity contribution in [2.75, 3.05) is 0 Å². The highest BCUT2D eigenvalue weighted by molar-refractivity contribution is 7.09. The summed E-state index contributed by atoms with van der Waals surface area (Å²) in [7, 11) is 0. The third-order valence-corrected chi connectivity index (χ3v) is 4.33. The molecule has 0 saturated carbocycles. The van der Waals surface area contributed by atoms with Crippen LogP contribution in [0.3, 0.4) is 0 Å². The molecule has 0 atom stereocenters. The molecule has 3 rings (SSSR count). The molecule has 0 spiro atoms. The Morgan fingerprint density at radius 2 is 2.18 bits per heavy atom. The van der Waals surface area contributed by atoms with E-state index in [1.807, 2.05) is 23.1 Å². The van der Waals surface area contributed by atoms with Gasteiger partial charge >= 0.3 is 0 Å². The predicted molar refractivity (Wildman–Crippen MR) is 86.9 cm³/mol. The SMILES string of the molecule is CCc1nc(C(C)C)c2c(C#N)cn(Cc3nccs3)c2n1. The van der Waals surface area contributed by atoms with Crippen LogP contribution in [-0.2, 0) is 13.0 Å². The summed E-state index contributed by atoms with van der Waals surface area (Å²) in [6.45, 7) is 6.87. The second kappa shape index (κ2) is 5.85. The van der Waals surface area contributed by atoms with Crippen LogP contribution in [0.2, 0.25) is 0 Å². The number of nitrogens with zero attached hydrogens (tertiary/aromatic N) is 5. The van der Waals surface area contributed by atoms with Crippen LogP contribution in [0.25, 0.3) is 11.0 Å². The lowest BCUT2D eigenvalue weighted by atomic mass is 10.0. The van der Waals surface area contributed by atoms with Crippen molar-refractivity contribution in [2.45, 2.75) is 39.7 Å². The van der Waals surface area contributed by atoms with Crippen LogP contribution in [0, 0.1) is 11.3 Å². The molecule has 0 aliphatic rings. The number of fused-ring (bicyclic) bond motifs is 1. The van der Waals surface area contributed by atoms with Crippen LogP contribution in [0.5, 0.6) is 0 Å². The summed E-state index contributed by atoms with van der Waals surface area (Å²) in [5, 5.41) is 13.3. The van der Waals surface area contributed by atoms with E-state index >= 15 is 0 Å². The zero-order valence-electron chi connectivity index (χ0n) is 12.9. The number of thiazole rings is 1. The zero-order valence-corrected chi connectivity index (χ0v) is 13.7. The van der Waals surface area contributed by atoms with Crippen LogP contribution in [0.4, 0.5) is 0 Å². The van der Waals surface area contributed by atoms with E-state index in [0.717, 1.165) is 34.0 Å². The van der Waals surface area contributed by atoms with E-state index in [4.69, 9.17) is 0 Å². The fraction of sp³-hybridized carbons (Fsp3) is 0.375. The Morgan fingerprint density at radius 1 is 1.36 bits per heavy atom. The van der Waals surface area contributed by atoms with Gasteiger partial charge in [-0.05, 0) is 5.92 Å². The monoisotopic (exact) mass is 311 g/mol. The number of rotatable bonds is 4. The second-order valence-corrected chi connectivity index (χ2v) is 6.42. The molecule has 3 heterocycles. The third-order valence-electron chi connectivity index (χ3n) is 3.56. The molecule has 5 nitrogen and oxygen atoms in total. The summed E-state index contributed by atoms with van der Waals surface area (Å²) in [6.07, 6.45) is 4.44. The molecule has 0 N–H and O–H groups in total. The lowest BCUT2D eigenvalue weighted by Crippen LogP contribution is -2.05.